The molecule has 0 amide bonds. The van der Waals surface area contributed by atoms with Crippen molar-refractivity contribution >= 4 is 5.82 Å². The lowest BCUT2D eigenvalue weighted by molar-refractivity contribution is -0.137. The van der Waals surface area contributed by atoms with Crippen LogP contribution in [-0.2, 0) is 6.18 Å². The summed E-state index contributed by atoms with van der Waals surface area (Å²) in [6.07, 6.45) is 1.36. The molecule has 0 spiro atoms. The highest BCUT2D eigenvalue weighted by molar-refractivity contribution is 5.42. The van der Waals surface area contributed by atoms with Crippen LogP contribution >= 0.6 is 0 Å². The highest BCUT2D eigenvalue weighted by Gasteiger charge is 2.32. The van der Waals surface area contributed by atoms with Crippen LogP contribution in [0.15, 0.2) is 12.1 Å². The van der Waals surface area contributed by atoms with E-state index in [0.717, 1.165) is 25.0 Å². The molecule has 0 atom stereocenters. The number of alkyl halides is 3. The Morgan fingerprint density at radius 3 is 2.57 bits per heavy atom. The minimum absolute atomic E-state index is 0.0475. The summed E-state index contributed by atoms with van der Waals surface area (Å²) in [5.41, 5.74) is -0.730. The van der Waals surface area contributed by atoms with Crippen molar-refractivity contribution in [3.8, 4) is 5.88 Å². The van der Waals surface area contributed by atoms with E-state index in [-0.39, 0.29) is 11.7 Å². The molecule has 1 fully saturated rings. The fraction of sp³-hybridized carbons (Fsp3) is 0.667. The molecule has 1 N–H and O–H groups in total. The fourth-order valence-corrected chi connectivity index (χ4v) is 2.57. The fourth-order valence-electron chi connectivity index (χ4n) is 2.57. The van der Waals surface area contributed by atoms with Crippen molar-refractivity contribution in [3.63, 3.8) is 0 Å². The molecule has 0 aliphatic heterocycles. The van der Waals surface area contributed by atoms with Gasteiger partial charge in [-0.3, -0.25) is 0 Å². The van der Waals surface area contributed by atoms with Crippen LogP contribution in [0.3, 0.4) is 0 Å². The van der Waals surface area contributed by atoms with E-state index >= 15 is 0 Å². The second kappa shape index (κ2) is 7.00. The normalized spacial score (nSPS) is 16.8. The number of pyridine rings is 1. The van der Waals surface area contributed by atoms with Crippen LogP contribution in [0, 0.1) is 5.92 Å². The molecule has 2 rings (SSSR count). The second-order valence-electron chi connectivity index (χ2n) is 5.42. The molecule has 0 aromatic carbocycles. The first-order valence-electron chi connectivity index (χ1n) is 7.45. The Labute approximate surface area is 122 Å². The lowest BCUT2D eigenvalue weighted by Crippen LogP contribution is -2.16. The molecular weight excluding hydrogens is 281 g/mol. The Morgan fingerprint density at radius 1 is 1.24 bits per heavy atom. The van der Waals surface area contributed by atoms with Crippen LogP contribution in [0.4, 0.5) is 19.0 Å². The maximum absolute atomic E-state index is 12.9. The lowest BCUT2D eigenvalue weighted by Gasteiger charge is -2.21. The van der Waals surface area contributed by atoms with E-state index in [0.29, 0.717) is 19.1 Å². The monoisotopic (exact) mass is 302 g/mol. The molecule has 21 heavy (non-hydrogen) atoms. The molecule has 1 aromatic rings. The van der Waals surface area contributed by atoms with Gasteiger partial charge in [-0.2, -0.15) is 18.2 Å². The Bertz CT molecular complexity index is 457. The Morgan fingerprint density at radius 2 is 1.95 bits per heavy atom. The van der Waals surface area contributed by atoms with Crippen molar-refractivity contribution in [1.82, 2.24) is 4.98 Å². The molecule has 3 nitrogen and oxygen atoms in total. The van der Waals surface area contributed by atoms with Gasteiger partial charge in [0.15, 0.2) is 0 Å². The average molecular weight is 302 g/mol. The highest BCUT2D eigenvalue weighted by atomic mass is 19.4. The zero-order valence-electron chi connectivity index (χ0n) is 12.2. The van der Waals surface area contributed by atoms with Gasteiger partial charge in [-0.1, -0.05) is 19.3 Å². The third kappa shape index (κ3) is 4.79. The van der Waals surface area contributed by atoms with Gasteiger partial charge in [-0.05, 0) is 31.7 Å². The van der Waals surface area contributed by atoms with Gasteiger partial charge in [0.05, 0.1) is 12.2 Å². The number of halogens is 3. The highest BCUT2D eigenvalue weighted by Crippen LogP contribution is 2.33. The van der Waals surface area contributed by atoms with Crippen LogP contribution in [-0.4, -0.2) is 18.1 Å². The van der Waals surface area contributed by atoms with Gasteiger partial charge in [0.2, 0.25) is 5.88 Å². The standard InChI is InChI=1S/C15H21F3N2O/c1-2-19-13-8-12(15(16,17)18)9-14(20-13)21-10-11-6-4-3-5-7-11/h8-9,11H,2-7,10H2,1H3,(H,19,20). The summed E-state index contributed by atoms with van der Waals surface area (Å²) in [4.78, 5) is 4.09. The Kier molecular flexibility index (Phi) is 5.31. The number of nitrogens with zero attached hydrogens (tertiary/aromatic N) is 1. The van der Waals surface area contributed by atoms with Gasteiger partial charge >= 0.3 is 6.18 Å². The van der Waals surface area contributed by atoms with E-state index in [9.17, 15) is 13.2 Å². The summed E-state index contributed by atoms with van der Waals surface area (Å²) in [6, 6.07) is 1.99. The van der Waals surface area contributed by atoms with E-state index in [2.05, 4.69) is 10.3 Å². The molecular formula is C15H21F3N2O. The van der Waals surface area contributed by atoms with Crippen LogP contribution in [0.25, 0.3) is 0 Å². The van der Waals surface area contributed by atoms with Crippen molar-refractivity contribution < 1.29 is 17.9 Å². The van der Waals surface area contributed by atoms with Crippen LogP contribution in [0.1, 0.15) is 44.6 Å². The summed E-state index contributed by atoms with van der Waals surface area (Å²) in [6.45, 7) is 2.76. The lowest BCUT2D eigenvalue weighted by atomic mass is 9.90. The SMILES string of the molecule is CCNc1cc(C(F)(F)F)cc(OCC2CCCCC2)n1. The number of anilines is 1. The molecule has 1 aliphatic carbocycles. The first kappa shape index (κ1) is 15.9. The average Bonchev–Trinajstić information content (AvgIpc) is 2.45. The minimum atomic E-state index is -4.39. The van der Waals surface area contributed by atoms with Crippen molar-refractivity contribution in [2.45, 2.75) is 45.2 Å². The number of nitrogens with one attached hydrogen (secondary N) is 1. The number of hydrogen-bond acceptors (Lipinski definition) is 3. The van der Waals surface area contributed by atoms with Crippen LogP contribution in [0.2, 0.25) is 0 Å². The van der Waals surface area contributed by atoms with Gasteiger partial charge in [0.25, 0.3) is 0 Å². The predicted molar refractivity (Wildman–Crippen MR) is 75.5 cm³/mol. The molecule has 6 heteroatoms. The van der Waals surface area contributed by atoms with E-state index in [1.807, 2.05) is 6.92 Å². The van der Waals surface area contributed by atoms with Crippen molar-refractivity contribution in [3.05, 3.63) is 17.7 Å². The topological polar surface area (TPSA) is 34.1 Å². The van der Waals surface area contributed by atoms with Crippen molar-refractivity contribution in [2.24, 2.45) is 5.92 Å². The molecule has 0 unspecified atom stereocenters. The summed E-state index contributed by atoms with van der Waals surface area (Å²) in [7, 11) is 0. The molecule has 1 heterocycles. The van der Waals surface area contributed by atoms with Crippen molar-refractivity contribution in [2.75, 3.05) is 18.5 Å². The summed E-state index contributed by atoms with van der Waals surface area (Å²) < 4.78 is 44.1. The molecule has 118 valence electrons. The quantitative estimate of drug-likeness (QED) is 0.870. The van der Waals surface area contributed by atoms with Gasteiger partial charge in [0, 0.05) is 12.6 Å². The Hall–Kier alpha value is -1.46. The number of hydrogen-bond donors (Lipinski definition) is 1. The second-order valence-corrected chi connectivity index (χ2v) is 5.42. The van der Waals surface area contributed by atoms with E-state index in [1.165, 1.54) is 19.3 Å². The van der Waals surface area contributed by atoms with E-state index in [1.54, 1.807) is 0 Å². The predicted octanol–water partition coefficient (Wildman–Crippen LogP) is 4.49. The molecule has 1 aliphatic rings. The van der Waals surface area contributed by atoms with E-state index in [4.69, 9.17) is 4.74 Å². The van der Waals surface area contributed by atoms with Gasteiger partial charge in [-0.15, -0.1) is 0 Å². The third-order valence-corrected chi connectivity index (χ3v) is 3.68. The first-order valence-corrected chi connectivity index (χ1v) is 7.45. The van der Waals surface area contributed by atoms with Crippen LogP contribution in [0.5, 0.6) is 5.88 Å². The largest absolute Gasteiger partial charge is 0.477 e. The maximum atomic E-state index is 12.9. The zero-order chi connectivity index (χ0) is 15.3. The third-order valence-electron chi connectivity index (χ3n) is 3.68. The number of ether oxygens (including phenoxy) is 1. The van der Waals surface area contributed by atoms with Crippen molar-refractivity contribution in [1.29, 1.82) is 0 Å². The summed E-state index contributed by atoms with van der Waals surface area (Å²) >= 11 is 0. The molecule has 0 saturated heterocycles. The first-order chi connectivity index (χ1) is 9.99. The minimum Gasteiger partial charge on any atom is -0.477 e. The van der Waals surface area contributed by atoms with Gasteiger partial charge < -0.3 is 10.1 Å². The zero-order valence-corrected chi connectivity index (χ0v) is 12.2. The number of aromatic nitrogens is 1. The molecule has 0 bridgehead atoms. The summed E-state index contributed by atoms with van der Waals surface area (Å²) in [5, 5.41) is 2.81. The maximum Gasteiger partial charge on any atom is 0.416 e. The number of rotatable bonds is 5. The summed E-state index contributed by atoms with van der Waals surface area (Å²) in [5.74, 6) is 0.676. The van der Waals surface area contributed by atoms with Gasteiger partial charge in [0.1, 0.15) is 5.82 Å². The molecule has 1 aromatic heterocycles. The van der Waals surface area contributed by atoms with Gasteiger partial charge in [-0.25, -0.2) is 0 Å². The Balaban J connectivity index is 2.07. The van der Waals surface area contributed by atoms with Crippen LogP contribution < -0.4 is 10.1 Å². The molecule has 0 radical (unpaired) electrons. The smallest absolute Gasteiger partial charge is 0.416 e. The molecule has 1 saturated carbocycles. The van der Waals surface area contributed by atoms with E-state index < -0.39 is 11.7 Å².